The molecular weight excluding hydrogens is 204 g/mol. The average Bonchev–Trinajstić information content (AvgIpc) is 2.99. The Morgan fingerprint density at radius 2 is 2.00 bits per heavy atom. The van der Waals surface area contributed by atoms with Gasteiger partial charge in [-0.05, 0) is 61.0 Å². The Kier molecular flexibility index (Phi) is 3.22. The summed E-state index contributed by atoms with van der Waals surface area (Å²) in [5.74, 6) is 2.98. The van der Waals surface area contributed by atoms with E-state index in [-0.39, 0.29) is 0 Å². The standard InChI is InChI=1S/C17H24/c1-2-3-6-14-7-4-5-8-16(14)17-12-13-9-10-15(17)11-13/h4-5,7-8,13,15,17H,2-3,6,9-12H2,1H3. The van der Waals surface area contributed by atoms with Gasteiger partial charge >= 0.3 is 0 Å². The lowest BCUT2D eigenvalue weighted by molar-refractivity contribution is 0.418. The van der Waals surface area contributed by atoms with Gasteiger partial charge in [-0.15, -0.1) is 0 Å². The van der Waals surface area contributed by atoms with Crippen LogP contribution in [0.2, 0.25) is 0 Å². The fourth-order valence-corrected chi connectivity index (χ4v) is 4.12. The zero-order chi connectivity index (χ0) is 11.7. The van der Waals surface area contributed by atoms with Crippen LogP contribution in [0.3, 0.4) is 0 Å². The summed E-state index contributed by atoms with van der Waals surface area (Å²) in [5, 5.41) is 0. The number of unbranched alkanes of at least 4 members (excludes halogenated alkanes) is 1. The molecule has 3 unspecified atom stereocenters. The van der Waals surface area contributed by atoms with Crippen molar-refractivity contribution in [3.63, 3.8) is 0 Å². The molecule has 2 aliphatic rings. The Hall–Kier alpha value is -0.780. The van der Waals surface area contributed by atoms with Crippen LogP contribution in [0, 0.1) is 11.8 Å². The highest BCUT2D eigenvalue weighted by Gasteiger charge is 2.40. The molecule has 0 N–H and O–H groups in total. The molecule has 1 aromatic carbocycles. The van der Waals surface area contributed by atoms with Crippen LogP contribution in [0.1, 0.15) is 62.5 Å². The van der Waals surface area contributed by atoms with Crippen molar-refractivity contribution in [1.29, 1.82) is 0 Å². The van der Waals surface area contributed by atoms with Crippen molar-refractivity contribution in [2.75, 3.05) is 0 Å². The normalized spacial score (nSPS) is 31.0. The summed E-state index contributed by atoms with van der Waals surface area (Å²) in [6, 6.07) is 9.26. The van der Waals surface area contributed by atoms with Crippen LogP contribution in [0.5, 0.6) is 0 Å². The second-order valence-corrected chi connectivity index (χ2v) is 6.08. The lowest BCUT2D eigenvalue weighted by Gasteiger charge is -2.24. The maximum atomic E-state index is 2.41. The fraction of sp³-hybridized carbons (Fsp3) is 0.647. The molecule has 0 saturated heterocycles. The average molecular weight is 228 g/mol. The van der Waals surface area contributed by atoms with Crippen molar-refractivity contribution in [2.45, 2.75) is 57.8 Å². The maximum Gasteiger partial charge on any atom is -0.0128 e. The molecule has 2 aliphatic carbocycles. The van der Waals surface area contributed by atoms with Gasteiger partial charge in [0.2, 0.25) is 0 Å². The van der Waals surface area contributed by atoms with Gasteiger partial charge < -0.3 is 0 Å². The third kappa shape index (κ3) is 2.14. The van der Waals surface area contributed by atoms with Crippen molar-refractivity contribution >= 4 is 0 Å². The van der Waals surface area contributed by atoms with E-state index >= 15 is 0 Å². The first-order valence-electron chi connectivity index (χ1n) is 7.46. The molecule has 0 amide bonds. The largest absolute Gasteiger partial charge is 0.0654 e. The summed E-state index contributed by atoms with van der Waals surface area (Å²) >= 11 is 0. The molecule has 0 aliphatic heterocycles. The van der Waals surface area contributed by atoms with E-state index in [9.17, 15) is 0 Å². The second kappa shape index (κ2) is 4.84. The minimum absolute atomic E-state index is 0.904. The molecule has 2 fully saturated rings. The van der Waals surface area contributed by atoms with E-state index in [4.69, 9.17) is 0 Å². The fourth-order valence-electron chi connectivity index (χ4n) is 4.12. The lowest BCUT2D eigenvalue weighted by Crippen LogP contribution is -2.10. The summed E-state index contributed by atoms with van der Waals surface area (Å²) in [6.45, 7) is 2.29. The summed E-state index contributed by atoms with van der Waals surface area (Å²) in [7, 11) is 0. The molecule has 92 valence electrons. The maximum absolute atomic E-state index is 2.41. The van der Waals surface area contributed by atoms with Crippen LogP contribution < -0.4 is 0 Å². The SMILES string of the molecule is CCCCc1ccccc1C1CC2CCC1C2. The number of aryl methyl sites for hydroxylation is 1. The monoisotopic (exact) mass is 228 g/mol. The minimum atomic E-state index is 0.904. The zero-order valence-electron chi connectivity index (χ0n) is 11.0. The lowest BCUT2D eigenvalue weighted by atomic mass is 9.81. The Morgan fingerprint density at radius 3 is 2.71 bits per heavy atom. The quantitative estimate of drug-likeness (QED) is 0.685. The van der Waals surface area contributed by atoms with Crippen molar-refractivity contribution < 1.29 is 0 Å². The Labute approximate surface area is 105 Å². The molecule has 0 aromatic heterocycles. The van der Waals surface area contributed by atoms with E-state index in [1.807, 2.05) is 0 Å². The molecule has 3 rings (SSSR count). The third-order valence-electron chi connectivity index (χ3n) is 4.99. The Morgan fingerprint density at radius 1 is 1.12 bits per heavy atom. The molecular formula is C17H24. The zero-order valence-corrected chi connectivity index (χ0v) is 11.0. The van der Waals surface area contributed by atoms with E-state index < -0.39 is 0 Å². The first-order valence-corrected chi connectivity index (χ1v) is 7.46. The summed E-state index contributed by atoms with van der Waals surface area (Å²) < 4.78 is 0. The number of benzene rings is 1. The van der Waals surface area contributed by atoms with Crippen LogP contribution in [-0.4, -0.2) is 0 Å². The summed E-state index contributed by atoms with van der Waals surface area (Å²) in [6.07, 6.45) is 9.96. The van der Waals surface area contributed by atoms with Gasteiger partial charge in [0.15, 0.2) is 0 Å². The number of hydrogen-bond acceptors (Lipinski definition) is 0. The predicted molar refractivity (Wildman–Crippen MR) is 73.2 cm³/mol. The van der Waals surface area contributed by atoms with E-state index in [0.29, 0.717) is 0 Å². The molecule has 17 heavy (non-hydrogen) atoms. The third-order valence-corrected chi connectivity index (χ3v) is 4.99. The van der Waals surface area contributed by atoms with Gasteiger partial charge in [-0.1, -0.05) is 44.0 Å². The molecule has 2 bridgehead atoms. The number of fused-ring (bicyclic) bond motifs is 2. The predicted octanol–water partition coefficient (Wildman–Crippen LogP) is 4.93. The van der Waals surface area contributed by atoms with Crippen molar-refractivity contribution in [1.82, 2.24) is 0 Å². The van der Waals surface area contributed by atoms with E-state index in [1.54, 1.807) is 11.1 Å². The van der Waals surface area contributed by atoms with Gasteiger partial charge in [0.1, 0.15) is 0 Å². The van der Waals surface area contributed by atoms with E-state index in [1.165, 1.54) is 44.9 Å². The van der Waals surface area contributed by atoms with Crippen LogP contribution in [0.25, 0.3) is 0 Å². The number of hydrogen-bond donors (Lipinski definition) is 0. The van der Waals surface area contributed by atoms with Gasteiger partial charge in [-0.25, -0.2) is 0 Å². The second-order valence-electron chi connectivity index (χ2n) is 6.08. The van der Waals surface area contributed by atoms with Gasteiger partial charge in [0.25, 0.3) is 0 Å². The van der Waals surface area contributed by atoms with Crippen molar-refractivity contribution in [3.8, 4) is 0 Å². The van der Waals surface area contributed by atoms with Gasteiger partial charge in [0, 0.05) is 0 Å². The van der Waals surface area contributed by atoms with Crippen LogP contribution in [0.15, 0.2) is 24.3 Å². The van der Waals surface area contributed by atoms with Crippen molar-refractivity contribution in [3.05, 3.63) is 35.4 Å². The van der Waals surface area contributed by atoms with Gasteiger partial charge in [-0.3, -0.25) is 0 Å². The topological polar surface area (TPSA) is 0 Å². The number of rotatable bonds is 4. The smallest absolute Gasteiger partial charge is 0.0128 e. The first kappa shape index (κ1) is 11.3. The van der Waals surface area contributed by atoms with Crippen molar-refractivity contribution in [2.24, 2.45) is 11.8 Å². The molecule has 0 radical (unpaired) electrons. The van der Waals surface area contributed by atoms with E-state index in [2.05, 4.69) is 31.2 Å². The van der Waals surface area contributed by atoms with Gasteiger partial charge in [0.05, 0.1) is 0 Å². The highest BCUT2D eigenvalue weighted by molar-refractivity contribution is 5.32. The highest BCUT2D eigenvalue weighted by atomic mass is 14.4. The molecule has 2 saturated carbocycles. The molecule has 0 heterocycles. The van der Waals surface area contributed by atoms with Crippen LogP contribution in [0.4, 0.5) is 0 Å². The first-order chi connectivity index (χ1) is 8.38. The molecule has 0 nitrogen and oxygen atoms in total. The molecule has 0 spiro atoms. The molecule has 3 atom stereocenters. The Bertz CT molecular complexity index is 379. The minimum Gasteiger partial charge on any atom is -0.0654 e. The Balaban J connectivity index is 1.82. The van der Waals surface area contributed by atoms with Crippen LogP contribution >= 0.6 is 0 Å². The van der Waals surface area contributed by atoms with E-state index in [0.717, 1.165) is 17.8 Å². The molecule has 0 heteroatoms. The van der Waals surface area contributed by atoms with Crippen LogP contribution in [-0.2, 0) is 6.42 Å². The highest BCUT2D eigenvalue weighted by Crippen LogP contribution is 2.53. The molecule has 1 aromatic rings. The summed E-state index contributed by atoms with van der Waals surface area (Å²) in [5.41, 5.74) is 3.35. The summed E-state index contributed by atoms with van der Waals surface area (Å²) in [4.78, 5) is 0. The van der Waals surface area contributed by atoms with Gasteiger partial charge in [-0.2, -0.15) is 0 Å².